The Morgan fingerprint density at radius 3 is 3.11 bits per heavy atom. The Balaban J connectivity index is 2.14. The minimum absolute atomic E-state index is 0.719. The minimum Gasteiger partial charge on any atom is -0.404 e. The molecule has 0 amide bonds. The Morgan fingerprint density at radius 1 is 1.67 bits per heavy atom. The Labute approximate surface area is 108 Å². The molecule has 5 heteroatoms. The van der Waals surface area contributed by atoms with E-state index in [0.29, 0.717) is 0 Å². The number of hydrogen-bond donors (Lipinski definition) is 2. The van der Waals surface area contributed by atoms with Gasteiger partial charge in [-0.15, -0.1) is 0 Å². The number of nitrogens with two attached hydrogens (primary N) is 1. The summed E-state index contributed by atoms with van der Waals surface area (Å²) in [5, 5.41) is 3.31. The normalized spacial score (nSPS) is 12.2. The van der Waals surface area contributed by atoms with E-state index >= 15 is 0 Å². The average Bonchev–Trinajstić information content (AvgIpc) is 2.78. The first-order chi connectivity index (χ1) is 8.76. The number of aryl methyl sites for hydroxylation is 2. The number of nitrogens with zero attached hydrogens (tertiary/aromatic N) is 3. The van der Waals surface area contributed by atoms with Crippen LogP contribution < -0.4 is 11.1 Å². The highest BCUT2D eigenvalue weighted by Gasteiger charge is 1.95. The quantitative estimate of drug-likeness (QED) is 0.536. The zero-order valence-electron chi connectivity index (χ0n) is 10.8. The van der Waals surface area contributed by atoms with Gasteiger partial charge in [-0.05, 0) is 31.7 Å². The van der Waals surface area contributed by atoms with Gasteiger partial charge in [0.2, 0.25) is 0 Å². The Hall–Kier alpha value is -1.88. The van der Waals surface area contributed by atoms with Gasteiger partial charge in [-0.3, -0.25) is 4.99 Å². The maximum absolute atomic E-state index is 5.48. The molecular weight excluding hydrogens is 226 g/mol. The summed E-state index contributed by atoms with van der Waals surface area (Å²) < 4.78 is 2.09. The standard InChI is InChI=1S/C13H21N5/c1-3-15-8-13(7-14)9-16-5-4-6-18-10-12(2)17-11-18/h3,7-8,10-11,16H,1,4-6,9,14H2,2H3/b13-7+,15-8-. The summed E-state index contributed by atoms with van der Waals surface area (Å²) in [6.07, 6.45) is 9.70. The SMILES string of the molecule is C=C/N=C\C(=C/N)CNCCCn1cnc(C)c1. The Morgan fingerprint density at radius 2 is 2.50 bits per heavy atom. The largest absolute Gasteiger partial charge is 0.404 e. The van der Waals surface area contributed by atoms with Crippen LogP contribution in [0.4, 0.5) is 0 Å². The van der Waals surface area contributed by atoms with Gasteiger partial charge in [0.1, 0.15) is 0 Å². The van der Waals surface area contributed by atoms with Gasteiger partial charge in [0.15, 0.2) is 0 Å². The molecule has 0 atom stereocenters. The van der Waals surface area contributed by atoms with Crippen LogP contribution in [-0.2, 0) is 6.54 Å². The fourth-order valence-corrected chi connectivity index (χ4v) is 1.51. The van der Waals surface area contributed by atoms with E-state index in [1.807, 2.05) is 19.4 Å². The van der Waals surface area contributed by atoms with Crippen LogP contribution >= 0.6 is 0 Å². The van der Waals surface area contributed by atoms with Gasteiger partial charge in [-0.2, -0.15) is 0 Å². The molecule has 18 heavy (non-hydrogen) atoms. The van der Waals surface area contributed by atoms with Gasteiger partial charge in [0.25, 0.3) is 0 Å². The van der Waals surface area contributed by atoms with Gasteiger partial charge in [0.05, 0.1) is 12.0 Å². The molecule has 3 N–H and O–H groups in total. The van der Waals surface area contributed by atoms with Crippen LogP contribution in [0.5, 0.6) is 0 Å². The summed E-state index contributed by atoms with van der Waals surface area (Å²) in [7, 11) is 0. The molecule has 0 aromatic carbocycles. The van der Waals surface area contributed by atoms with E-state index in [0.717, 1.165) is 37.3 Å². The van der Waals surface area contributed by atoms with Crippen molar-refractivity contribution in [2.24, 2.45) is 10.7 Å². The van der Waals surface area contributed by atoms with E-state index in [4.69, 9.17) is 5.73 Å². The van der Waals surface area contributed by atoms with E-state index in [-0.39, 0.29) is 0 Å². The molecule has 0 aliphatic rings. The molecule has 0 aliphatic heterocycles. The van der Waals surface area contributed by atoms with Crippen molar-refractivity contribution in [1.29, 1.82) is 0 Å². The second-order valence-corrected chi connectivity index (χ2v) is 3.99. The summed E-state index contributed by atoms with van der Waals surface area (Å²) in [5.74, 6) is 0. The number of aliphatic imine (C=N–C) groups is 1. The molecular formula is C13H21N5. The maximum atomic E-state index is 5.48. The third kappa shape index (κ3) is 5.45. The summed E-state index contributed by atoms with van der Waals surface area (Å²) in [6.45, 7) is 8.12. The molecule has 0 aliphatic carbocycles. The van der Waals surface area contributed by atoms with Crippen molar-refractivity contribution >= 4 is 6.21 Å². The minimum atomic E-state index is 0.719. The number of imidazole rings is 1. The lowest BCUT2D eigenvalue weighted by Gasteiger charge is -2.05. The lowest BCUT2D eigenvalue weighted by molar-refractivity contribution is 0.598. The van der Waals surface area contributed by atoms with Gasteiger partial charge in [-0.25, -0.2) is 4.98 Å². The van der Waals surface area contributed by atoms with E-state index in [1.165, 1.54) is 6.20 Å². The third-order valence-electron chi connectivity index (χ3n) is 2.42. The molecule has 0 unspecified atom stereocenters. The van der Waals surface area contributed by atoms with Gasteiger partial charge in [-0.1, -0.05) is 6.58 Å². The summed E-state index contributed by atoms with van der Waals surface area (Å²) in [4.78, 5) is 8.11. The highest BCUT2D eigenvalue weighted by Crippen LogP contribution is 1.95. The third-order valence-corrected chi connectivity index (χ3v) is 2.42. The van der Waals surface area contributed by atoms with E-state index < -0.39 is 0 Å². The number of hydrogen-bond acceptors (Lipinski definition) is 4. The lowest BCUT2D eigenvalue weighted by atomic mass is 10.3. The molecule has 0 bridgehead atoms. The van der Waals surface area contributed by atoms with Crippen LogP contribution in [0.15, 0.2) is 42.1 Å². The molecule has 0 radical (unpaired) electrons. The van der Waals surface area contributed by atoms with Crippen molar-refractivity contribution in [3.8, 4) is 0 Å². The number of rotatable bonds is 8. The molecule has 1 aromatic heterocycles. The van der Waals surface area contributed by atoms with Gasteiger partial charge < -0.3 is 15.6 Å². The number of aromatic nitrogens is 2. The highest BCUT2D eigenvalue weighted by molar-refractivity contribution is 5.79. The van der Waals surface area contributed by atoms with Crippen LogP contribution in [0.2, 0.25) is 0 Å². The van der Waals surface area contributed by atoms with Crippen molar-refractivity contribution in [2.45, 2.75) is 19.9 Å². The molecule has 0 saturated carbocycles. The molecule has 1 heterocycles. The maximum Gasteiger partial charge on any atom is 0.0949 e. The second kappa shape index (κ2) is 8.25. The summed E-state index contributed by atoms with van der Waals surface area (Å²) >= 11 is 0. The smallest absolute Gasteiger partial charge is 0.0949 e. The van der Waals surface area contributed by atoms with Crippen molar-refractivity contribution in [1.82, 2.24) is 14.9 Å². The van der Waals surface area contributed by atoms with Gasteiger partial charge >= 0.3 is 0 Å². The van der Waals surface area contributed by atoms with Crippen LogP contribution in [0, 0.1) is 6.92 Å². The predicted octanol–water partition coefficient (Wildman–Crippen LogP) is 1.23. The molecule has 0 saturated heterocycles. The Bertz CT molecular complexity index is 417. The molecule has 98 valence electrons. The van der Waals surface area contributed by atoms with Crippen molar-refractivity contribution in [3.63, 3.8) is 0 Å². The topological polar surface area (TPSA) is 68.2 Å². The Kier molecular flexibility index (Phi) is 6.50. The summed E-state index contributed by atoms with van der Waals surface area (Å²) in [6, 6.07) is 0. The first kappa shape index (κ1) is 14.2. The van der Waals surface area contributed by atoms with Crippen molar-refractivity contribution in [3.05, 3.63) is 42.8 Å². The van der Waals surface area contributed by atoms with Crippen molar-refractivity contribution < 1.29 is 0 Å². The van der Waals surface area contributed by atoms with E-state index in [2.05, 4.69) is 26.4 Å². The zero-order chi connectivity index (χ0) is 13.2. The first-order valence-electron chi connectivity index (χ1n) is 6.00. The fraction of sp³-hybridized carbons (Fsp3) is 0.385. The first-order valence-corrected chi connectivity index (χ1v) is 6.00. The predicted molar refractivity (Wildman–Crippen MR) is 75.4 cm³/mol. The average molecular weight is 247 g/mol. The van der Waals surface area contributed by atoms with Crippen LogP contribution in [0.1, 0.15) is 12.1 Å². The number of nitrogens with one attached hydrogen (secondary N) is 1. The molecule has 1 rings (SSSR count). The highest BCUT2D eigenvalue weighted by atomic mass is 15.0. The summed E-state index contributed by atoms with van der Waals surface area (Å²) in [5.41, 5.74) is 7.49. The second-order valence-electron chi connectivity index (χ2n) is 3.99. The molecule has 1 aromatic rings. The molecule has 0 fully saturated rings. The lowest BCUT2D eigenvalue weighted by Crippen LogP contribution is -2.20. The van der Waals surface area contributed by atoms with Crippen molar-refractivity contribution in [2.75, 3.05) is 13.1 Å². The van der Waals surface area contributed by atoms with Gasteiger partial charge in [0, 0.05) is 31.7 Å². The van der Waals surface area contributed by atoms with E-state index in [9.17, 15) is 0 Å². The van der Waals surface area contributed by atoms with E-state index in [1.54, 1.807) is 12.4 Å². The van der Waals surface area contributed by atoms with Crippen LogP contribution in [0.25, 0.3) is 0 Å². The monoisotopic (exact) mass is 247 g/mol. The molecule has 5 nitrogen and oxygen atoms in total. The van der Waals surface area contributed by atoms with Crippen LogP contribution in [-0.4, -0.2) is 28.9 Å². The fourth-order valence-electron chi connectivity index (χ4n) is 1.51. The molecule has 0 spiro atoms. The van der Waals surface area contributed by atoms with Crippen LogP contribution in [0.3, 0.4) is 0 Å². The zero-order valence-corrected chi connectivity index (χ0v) is 10.8.